The number of carbonyl (C=O) groups excluding carboxylic acids is 1. The highest BCUT2D eigenvalue weighted by Crippen LogP contribution is 2.23. The molecule has 8 nitrogen and oxygen atoms in total. The second-order valence-corrected chi connectivity index (χ2v) is 6.57. The largest absolute Gasteiger partial charge is 0.366 e. The van der Waals surface area contributed by atoms with Crippen LogP contribution in [0.15, 0.2) is 42.9 Å². The summed E-state index contributed by atoms with van der Waals surface area (Å²) in [7, 11) is 0. The van der Waals surface area contributed by atoms with E-state index in [1.165, 1.54) is 0 Å². The second-order valence-electron chi connectivity index (χ2n) is 6.57. The van der Waals surface area contributed by atoms with Gasteiger partial charge in [-0.3, -0.25) is 4.98 Å². The zero-order chi connectivity index (χ0) is 17.9. The summed E-state index contributed by atoms with van der Waals surface area (Å²) in [5.74, 6) is 0.817. The van der Waals surface area contributed by atoms with E-state index in [4.69, 9.17) is 10.8 Å². The Kier molecular flexibility index (Phi) is 4.39. The molecule has 26 heavy (non-hydrogen) atoms. The molecule has 0 unspecified atom stereocenters. The van der Waals surface area contributed by atoms with Gasteiger partial charge in [-0.1, -0.05) is 0 Å². The van der Waals surface area contributed by atoms with Gasteiger partial charge in [-0.05, 0) is 49.9 Å². The maximum absolute atomic E-state index is 11.0. The Bertz CT molecular complexity index is 900. The third-order valence-corrected chi connectivity index (χ3v) is 4.76. The van der Waals surface area contributed by atoms with Gasteiger partial charge < -0.3 is 16.4 Å². The van der Waals surface area contributed by atoms with E-state index in [0.717, 1.165) is 48.4 Å². The smallest absolute Gasteiger partial charge is 0.312 e. The molecule has 0 bridgehead atoms. The number of nitrogens with two attached hydrogens (primary N) is 1. The quantitative estimate of drug-likeness (QED) is 0.667. The number of amides is 2. The maximum Gasteiger partial charge on any atom is 0.312 e. The van der Waals surface area contributed by atoms with Crippen LogP contribution >= 0.6 is 0 Å². The van der Waals surface area contributed by atoms with Gasteiger partial charge in [0.05, 0.1) is 11.9 Å². The molecule has 0 atom stereocenters. The van der Waals surface area contributed by atoms with Crippen LogP contribution in [0.3, 0.4) is 0 Å². The Morgan fingerprint density at radius 2 is 1.81 bits per heavy atom. The van der Waals surface area contributed by atoms with Crippen molar-refractivity contribution in [3.63, 3.8) is 0 Å². The van der Waals surface area contributed by atoms with E-state index in [9.17, 15) is 4.79 Å². The first-order valence-corrected chi connectivity index (χ1v) is 8.77. The highest BCUT2D eigenvalue weighted by molar-refractivity contribution is 5.72. The number of anilines is 1. The van der Waals surface area contributed by atoms with Crippen LogP contribution in [0, 0.1) is 0 Å². The molecule has 1 aliphatic carbocycles. The lowest BCUT2D eigenvalue weighted by Crippen LogP contribution is -2.42. The van der Waals surface area contributed by atoms with Crippen LogP contribution in [0.1, 0.15) is 25.7 Å². The number of aromatic nitrogens is 4. The highest BCUT2D eigenvalue weighted by Gasteiger charge is 2.22. The minimum Gasteiger partial charge on any atom is -0.366 e. The molecule has 0 aliphatic heterocycles. The third-order valence-electron chi connectivity index (χ3n) is 4.76. The normalized spacial score (nSPS) is 20.0. The summed E-state index contributed by atoms with van der Waals surface area (Å²) in [6, 6.07) is 7.85. The van der Waals surface area contributed by atoms with E-state index in [0.29, 0.717) is 6.04 Å². The lowest BCUT2D eigenvalue weighted by Gasteiger charge is -2.29. The average molecular weight is 351 g/mol. The minimum atomic E-state index is -0.447. The molecular weight excluding hydrogens is 330 g/mol. The van der Waals surface area contributed by atoms with Gasteiger partial charge >= 0.3 is 6.03 Å². The van der Waals surface area contributed by atoms with E-state index in [-0.39, 0.29) is 6.04 Å². The Balaban J connectivity index is 1.49. The first kappa shape index (κ1) is 16.3. The topological polar surface area (TPSA) is 110 Å². The van der Waals surface area contributed by atoms with Crippen molar-refractivity contribution in [3.05, 3.63) is 42.9 Å². The van der Waals surface area contributed by atoms with Gasteiger partial charge in [-0.25, -0.2) is 14.3 Å². The molecule has 4 rings (SSSR count). The van der Waals surface area contributed by atoms with Crippen LogP contribution in [0.5, 0.6) is 0 Å². The van der Waals surface area contributed by atoms with Crippen molar-refractivity contribution in [3.8, 4) is 11.3 Å². The Morgan fingerprint density at radius 3 is 2.54 bits per heavy atom. The van der Waals surface area contributed by atoms with Crippen molar-refractivity contribution in [1.82, 2.24) is 24.9 Å². The third kappa shape index (κ3) is 3.44. The number of imidazole rings is 1. The standard InChI is InChI=1S/C18H21N7O/c19-18(26)23-14-3-1-13(2-4-14)22-16-5-6-17-21-11-15(25(17)24-16)12-7-9-20-10-8-12/h5-11,13-14H,1-4H2,(H,22,24)(H3,19,23,26). The maximum atomic E-state index is 11.0. The summed E-state index contributed by atoms with van der Waals surface area (Å²) in [6.07, 6.45) is 9.09. The fourth-order valence-corrected chi connectivity index (χ4v) is 3.46. The number of carbonyl (C=O) groups is 1. The molecule has 8 heteroatoms. The number of urea groups is 1. The lowest BCUT2D eigenvalue weighted by molar-refractivity contribution is 0.240. The molecule has 4 N–H and O–H groups in total. The summed E-state index contributed by atoms with van der Waals surface area (Å²) in [5.41, 5.74) is 7.95. The van der Waals surface area contributed by atoms with Gasteiger partial charge in [0.25, 0.3) is 0 Å². The summed E-state index contributed by atoms with van der Waals surface area (Å²) < 4.78 is 1.85. The number of nitrogens with zero attached hydrogens (tertiary/aromatic N) is 4. The van der Waals surface area contributed by atoms with Crippen LogP contribution in [0.25, 0.3) is 16.9 Å². The molecule has 1 fully saturated rings. The molecular formula is C18H21N7O. The molecule has 1 saturated carbocycles. The fourth-order valence-electron chi connectivity index (χ4n) is 3.46. The van der Waals surface area contributed by atoms with Gasteiger partial charge in [0.15, 0.2) is 5.65 Å². The molecule has 0 radical (unpaired) electrons. The molecule has 3 aromatic heterocycles. The monoisotopic (exact) mass is 351 g/mol. The van der Waals surface area contributed by atoms with Gasteiger partial charge in [0, 0.05) is 30.0 Å². The Hall–Kier alpha value is -3.16. The average Bonchev–Trinajstić information content (AvgIpc) is 3.07. The first-order valence-electron chi connectivity index (χ1n) is 8.77. The zero-order valence-electron chi connectivity index (χ0n) is 14.3. The number of hydrogen-bond donors (Lipinski definition) is 3. The van der Waals surface area contributed by atoms with E-state index < -0.39 is 6.03 Å². The molecule has 3 aromatic rings. The predicted molar refractivity (Wildman–Crippen MR) is 98.6 cm³/mol. The predicted octanol–water partition coefficient (Wildman–Crippen LogP) is 2.18. The summed E-state index contributed by atoms with van der Waals surface area (Å²) in [6.45, 7) is 0. The van der Waals surface area contributed by atoms with Crippen molar-refractivity contribution in [1.29, 1.82) is 0 Å². The van der Waals surface area contributed by atoms with E-state index in [2.05, 4.69) is 20.6 Å². The van der Waals surface area contributed by atoms with Crippen LogP contribution in [0.2, 0.25) is 0 Å². The molecule has 0 spiro atoms. The van der Waals surface area contributed by atoms with Crippen molar-refractivity contribution in [2.75, 3.05) is 5.32 Å². The molecule has 0 saturated heterocycles. The Morgan fingerprint density at radius 1 is 1.08 bits per heavy atom. The highest BCUT2D eigenvalue weighted by atomic mass is 16.2. The van der Waals surface area contributed by atoms with Crippen molar-refractivity contribution in [2.24, 2.45) is 5.73 Å². The molecule has 134 valence electrons. The van der Waals surface area contributed by atoms with Gasteiger partial charge in [0.2, 0.25) is 0 Å². The molecule has 2 amide bonds. The van der Waals surface area contributed by atoms with Gasteiger partial charge in [0.1, 0.15) is 5.82 Å². The number of nitrogens with one attached hydrogen (secondary N) is 2. The zero-order valence-corrected chi connectivity index (χ0v) is 14.3. The van der Waals surface area contributed by atoms with Crippen LogP contribution in [0.4, 0.5) is 10.6 Å². The fraction of sp³-hybridized carbons (Fsp3) is 0.333. The van der Waals surface area contributed by atoms with Crippen LogP contribution in [-0.4, -0.2) is 37.7 Å². The first-order chi connectivity index (χ1) is 12.7. The summed E-state index contributed by atoms with van der Waals surface area (Å²) in [5, 5.41) is 11.0. The minimum absolute atomic E-state index is 0.174. The number of fused-ring (bicyclic) bond motifs is 1. The SMILES string of the molecule is NC(=O)NC1CCC(Nc2ccc3ncc(-c4ccncc4)n3n2)CC1. The Labute approximate surface area is 150 Å². The van der Waals surface area contributed by atoms with Crippen molar-refractivity contribution < 1.29 is 4.79 Å². The summed E-state index contributed by atoms with van der Waals surface area (Å²) >= 11 is 0. The lowest BCUT2D eigenvalue weighted by atomic mass is 9.91. The number of pyridine rings is 1. The molecule has 0 aromatic carbocycles. The van der Waals surface area contributed by atoms with E-state index >= 15 is 0 Å². The van der Waals surface area contributed by atoms with E-state index in [1.54, 1.807) is 12.4 Å². The van der Waals surface area contributed by atoms with Crippen molar-refractivity contribution in [2.45, 2.75) is 37.8 Å². The van der Waals surface area contributed by atoms with Gasteiger partial charge in [-0.2, -0.15) is 0 Å². The molecule has 1 aliphatic rings. The van der Waals surface area contributed by atoms with E-state index in [1.807, 2.05) is 35.0 Å². The number of rotatable bonds is 4. The molecule has 3 heterocycles. The number of hydrogen-bond acceptors (Lipinski definition) is 5. The van der Waals surface area contributed by atoms with Crippen molar-refractivity contribution >= 4 is 17.5 Å². The van der Waals surface area contributed by atoms with Crippen LogP contribution < -0.4 is 16.4 Å². The summed E-state index contributed by atoms with van der Waals surface area (Å²) in [4.78, 5) is 19.4. The second kappa shape index (κ2) is 6.99. The van der Waals surface area contributed by atoms with Gasteiger partial charge in [-0.15, -0.1) is 5.10 Å². The van der Waals surface area contributed by atoms with Crippen LogP contribution in [-0.2, 0) is 0 Å². The number of primary amides is 1.